The molecule has 1 N–H and O–H groups in total. The Morgan fingerprint density at radius 1 is 0.968 bits per heavy atom. The molecule has 168 valence electrons. The standard InChI is InChI=1S/C24H33N3O4/c1-5-31-21-9-7-6-8-20(21)25-24(28)17-27-12-10-26(11-13-27)16-19-15-23(30-4)22(29-3)14-18(19)2/h6-9,14-15H,5,10-13,16-17H2,1-4H3,(H,25,28). The van der Waals surface area contributed by atoms with Gasteiger partial charge in [0.05, 0.1) is 33.1 Å². The zero-order valence-corrected chi connectivity index (χ0v) is 18.9. The number of aryl methyl sites for hydroxylation is 1. The van der Waals surface area contributed by atoms with Crippen LogP contribution in [0.1, 0.15) is 18.1 Å². The van der Waals surface area contributed by atoms with Crippen molar-refractivity contribution in [2.45, 2.75) is 20.4 Å². The highest BCUT2D eigenvalue weighted by Gasteiger charge is 2.20. The first-order valence-electron chi connectivity index (χ1n) is 10.7. The summed E-state index contributed by atoms with van der Waals surface area (Å²) < 4.78 is 16.4. The van der Waals surface area contributed by atoms with E-state index in [2.05, 4.69) is 28.1 Å². The number of carbonyl (C=O) groups is 1. The van der Waals surface area contributed by atoms with Crippen molar-refractivity contribution >= 4 is 11.6 Å². The van der Waals surface area contributed by atoms with E-state index in [9.17, 15) is 4.79 Å². The lowest BCUT2D eigenvalue weighted by molar-refractivity contribution is -0.117. The maximum absolute atomic E-state index is 12.5. The highest BCUT2D eigenvalue weighted by molar-refractivity contribution is 5.93. The normalized spacial score (nSPS) is 14.8. The van der Waals surface area contributed by atoms with Gasteiger partial charge in [0.15, 0.2) is 11.5 Å². The Bertz CT molecular complexity index is 879. The second-order valence-corrected chi connectivity index (χ2v) is 7.66. The smallest absolute Gasteiger partial charge is 0.238 e. The molecular weight excluding hydrogens is 394 g/mol. The van der Waals surface area contributed by atoms with Gasteiger partial charge in [-0.1, -0.05) is 12.1 Å². The summed E-state index contributed by atoms with van der Waals surface area (Å²) in [6.45, 7) is 9.36. The van der Waals surface area contributed by atoms with Crippen LogP contribution in [0.2, 0.25) is 0 Å². The molecule has 1 aliphatic rings. The van der Waals surface area contributed by atoms with Crippen molar-refractivity contribution in [3.63, 3.8) is 0 Å². The van der Waals surface area contributed by atoms with Gasteiger partial charge in [-0.15, -0.1) is 0 Å². The minimum atomic E-state index is -0.0173. The SMILES string of the molecule is CCOc1ccccc1NC(=O)CN1CCN(Cc2cc(OC)c(OC)cc2C)CC1. The average Bonchev–Trinajstić information content (AvgIpc) is 2.77. The molecule has 0 saturated carbocycles. The number of nitrogens with zero attached hydrogens (tertiary/aromatic N) is 2. The Hall–Kier alpha value is -2.77. The number of carbonyl (C=O) groups excluding carboxylic acids is 1. The number of hydrogen-bond donors (Lipinski definition) is 1. The number of methoxy groups -OCH3 is 2. The molecule has 0 radical (unpaired) electrons. The van der Waals surface area contributed by atoms with Gasteiger partial charge >= 0.3 is 0 Å². The highest BCUT2D eigenvalue weighted by Crippen LogP contribution is 2.31. The number of hydrogen-bond acceptors (Lipinski definition) is 6. The van der Waals surface area contributed by atoms with Gasteiger partial charge in [0.25, 0.3) is 0 Å². The van der Waals surface area contributed by atoms with Crippen LogP contribution in [0.25, 0.3) is 0 Å². The van der Waals surface area contributed by atoms with E-state index in [-0.39, 0.29) is 5.91 Å². The van der Waals surface area contributed by atoms with Crippen LogP contribution in [0.4, 0.5) is 5.69 Å². The third kappa shape index (κ3) is 6.12. The number of ether oxygens (including phenoxy) is 3. The predicted octanol–water partition coefficient (Wildman–Crippen LogP) is 3.17. The number of rotatable bonds is 9. The molecule has 7 nitrogen and oxygen atoms in total. The molecule has 0 bridgehead atoms. The summed E-state index contributed by atoms with van der Waals surface area (Å²) in [6, 6.07) is 11.6. The van der Waals surface area contributed by atoms with Crippen LogP contribution in [0, 0.1) is 6.92 Å². The molecule has 2 aromatic carbocycles. The van der Waals surface area contributed by atoms with E-state index in [0.717, 1.165) is 49.9 Å². The lowest BCUT2D eigenvalue weighted by atomic mass is 10.1. The minimum absolute atomic E-state index is 0.0173. The molecule has 1 amide bonds. The molecule has 0 atom stereocenters. The Morgan fingerprint density at radius 2 is 1.61 bits per heavy atom. The van der Waals surface area contributed by atoms with Gasteiger partial charge in [0.1, 0.15) is 5.75 Å². The summed E-state index contributed by atoms with van der Waals surface area (Å²) in [5.41, 5.74) is 3.14. The predicted molar refractivity (Wildman–Crippen MR) is 122 cm³/mol. The summed E-state index contributed by atoms with van der Waals surface area (Å²) in [5, 5.41) is 2.98. The van der Waals surface area contributed by atoms with Crippen LogP contribution in [0.5, 0.6) is 17.2 Å². The van der Waals surface area contributed by atoms with E-state index in [4.69, 9.17) is 14.2 Å². The molecule has 1 fully saturated rings. The number of anilines is 1. The Kier molecular flexibility index (Phi) is 8.14. The molecule has 31 heavy (non-hydrogen) atoms. The quantitative estimate of drug-likeness (QED) is 0.663. The Balaban J connectivity index is 1.50. The molecular formula is C24H33N3O4. The Morgan fingerprint density at radius 3 is 2.29 bits per heavy atom. The molecule has 3 rings (SSSR count). The van der Waals surface area contributed by atoms with Crippen LogP contribution in [0.15, 0.2) is 36.4 Å². The fourth-order valence-electron chi connectivity index (χ4n) is 3.78. The zero-order valence-electron chi connectivity index (χ0n) is 18.9. The highest BCUT2D eigenvalue weighted by atomic mass is 16.5. The third-order valence-electron chi connectivity index (χ3n) is 5.53. The van der Waals surface area contributed by atoms with Gasteiger partial charge in [-0.3, -0.25) is 14.6 Å². The first-order chi connectivity index (χ1) is 15.0. The van der Waals surface area contributed by atoms with Crippen molar-refractivity contribution in [3.05, 3.63) is 47.5 Å². The summed E-state index contributed by atoms with van der Waals surface area (Å²) >= 11 is 0. The number of piperazine rings is 1. The molecule has 1 aliphatic heterocycles. The number of benzene rings is 2. The van der Waals surface area contributed by atoms with Crippen molar-refractivity contribution in [3.8, 4) is 17.2 Å². The van der Waals surface area contributed by atoms with Crippen LogP contribution in [-0.2, 0) is 11.3 Å². The minimum Gasteiger partial charge on any atom is -0.493 e. The molecule has 2 aromatic rings. The largest absolute Gasteiger partial charge is 0.493 e. The Labute approximate surface area is 184 Å². The van der Waals surface area contributed by atoms with Gasteiger partial charge < -0.3 is 19.5 Å². The summed E-state index contributed by atoms with van der Waals surface area (Å²) in [5.74, 6) is 2.20. The van der Waals surface area contributed by atoms with Gasteiger partial charge in [0, 0.05) is 32.7 Å². The second-order valence-electron chi connectivity index (χ2n) is 7.66. The van der Waals surface area contributed by atoms with E-state index in [1.807, 2.05) is 37.3 Å². The van der Waals surface area contributed by atoms with Crippen molar-refractivity contribution in [2.75, 3.05) is 58.9 Å². The van der Waals surface area contributed by atoms with Crippen molar-refractivity contribution < 1.29 is 19.0 Å². The van der Waals surface area contributed by atoms with Crippen molar-refractivity contribution in [2.24, 2.45) is 0 Å². The zero-order chi connectivity index (χ0) is 22.2. The number of amides is 1. The van der Waals surface area contributed by atoms with Crippen molar-refractivity contribution in [1.82, 2.24) is 9.80 Å². The lowest BCUT2D eigenvalue weighted by Crippen LogP contribution is -2.48. The van der Waals surface area contributed by atoms with E-state index in [1.54, 1.807) is 14.2 Å². The van der Waals surface area contributed by atoms with E-state index >= 15 is 0 Å². The molecule has 0 aromatic heterocycles. The van der Waals surface area contributed by atoms with Gasteiger partial charge in [-0.25, -0.2) is 0 Å². The fourth-order valence-corrected chi connectivity index (χ4v) is 3.78. The first kappa shape index (κ1) is 22.9. The average molecular weight is 428 g/mol. The molecule has 0 aliphatic carbocycles. The van der Waals surface area contributed by atoms with Crippen molar-refractivity contribution in [1.29, 1.82) is 0 Å². The maximum atomic E-state index is 12.5. The summed E-state index contributed by atoms with van der Waals surface area (Å²) in [7, 11) is 3.31. The summed E-state index contributed by atoms with van der Waals surface area (Å²) in [6.07, 6.45) is 0. The number of nitrogens with one attached hydrogen (secondary N) is 1. The van der Waals surface area contributed by atoms with E-state index in [1.165, 1.54) is 11.1 Å². The fraction of sp³-hybridized carbons (Fsp3) is 0.458. The van der Waals surface area contributed by atoms with Gasteiger partial charge in [-0.05, 0) is 49.2 Å². The molecule has 7 heteroatoms. The van der Waals surface area contributed by atoms with Crippen LogP contribution in [0.3, 0.4) is 0 Å². The van der Waals surface area contributed by atoms with E-state index in [0.29, 0.717) is 18.9 Å². The van der Waals surface area contributed by atoms with Crippen LogP contribution in [-0.4, -0.2) is 69.3 Å². The molecule has 1 saturated heterocycles. The van der Waals surface area contributed by atoms with Gasteiger partial charge in [0.2, 0.25) is 5.91 Å². The molecule has 0 spiro atoms. The molecule has 1 heterocycles. The first-order valence-corrected chi connectivity index (χ1v) is 10.7. The third-order valence-corrected chi connectivity index (χ3v) is 5.53. The maximum Gasteiger partial charge on any atom is 0.238 e. The lowest BCUT2D eigenvalue weighted by Gasteiger charge is -2.34. The van der Waals surface area contributed by atoms with Crippen LogP contribution < -0.4 is 19.5 Å². The van der Waals surface area contributed by atoms with Crippen LogP contribution >= 0.6 is 0 Å². The van der Waals surface area contributed by atoms with Gasteiger partial charge in [-0.2, -0.15) is 0 Å². The topological polar surface area (TPSA) is 63.3 Å². The second kappa shape index (κ2) is 11.0. The number of para-hydroxylation sites is 2. The monoisotopic (exact) mass is 427 g/mol. The molecule has 0 unspecified atom stereocenters. The van der Waals surface area contributed by atoms with E-state index < -0.39 is 0 Å². The summed E-state index contributed by atoms with van der Waals surface area (Å²) in [4.78, 5) is 17.1.